The molecule has 14 heavy (non-hydrogen) atoms. The number of hydrogen-bond acceptors (Lipinski definition) is 4. The molecule has 0 fully saturated rings. The molecule has 0 rings (SSSR count). The highest BCUT2D eigenvalue weighted by molar-refractivity contribution is 5.76. The third-order valence-electron chi connectivity index (χ3n) is 1.32. The quantitative estimate of drug-likeness (QED) is 0.521. The summed E-state index contributed by atoms with van der Waals surface area (Å²) in [5.74, 6) is -0.970. The molecule has 0 spiro atoms. The predicted molar refractivity (Wildman–Crippen MR) is 50.1 cm³/mol. The van der Waals surface area contributed by atoms with Gasteiger partial charge in [0.15, 0.2) is 0 Å². The first-order valence-corrected chi connectivity index (χ1v) is 4.56. The van der Waals surface area contributed by atoms with E-state index in [2.05, 4.69) is 0 Å². The SMILES string of the molecule is CCOCCOCCOC[CH]C(=O)O. The fourth-order valence-electron chi connectivity index (χ4n) is 0.696. The normalized spacial score (nSPS) is 10.4. The molecule has 5 nitrogen and oxygen atoms in total. The third kappa shape index (κ3) is 11.4. The van der Waals surface area contributed by atoms with Crippen molar-refractivity contribution in [2.75, 3.05) is 39.6 Å². The van der Waals surface area contributed by atoms with Crippen LogP contribution in [-0.2, 0) is 19.0 Å². The van der Waals surface area contributed by atoms with Gasteiger partial charge in [-0.15, -0.1) is 0 Å². The van der Waals surface area contributed by atoms with E-state index in [9.17, 15) is 4.79 Å². The summed E-state index contributed by atoms with van der Waals surface area (Å²) in [5.41, 5.74) is 0. The lowest BCUT2D eigenvalue weighted by Gasteiger charge is -2.04. The van der Waals surface area contributed by atoms with E-state index in [0.29, 0.717) is 33.0 Å². The zero-order valence-corrected chi connectivity index (χ0v) is 8.40. The van der Waals surface area contributed by atoms with Gasteiger partial charge in [0.05, 0.1) is 39.5 Å². The Balaban J connectivity index is 2.88. The summed E-state index contributed by atoms with van der Waals surface area (Å²) >= 11 is 0. The lowest BCUT2D eigenvalue weighted by atomic mass is 10.5. The average molecular weight is 205 g/mol. The summed E-state index contributed by atoms with van der Waals surface area (Å²) in [6.45, 7) is 4.70. The summed E-state index contributed by atoms with van der Waals surface area (Å²) in [4.78, 5) is 10.0. The number of rotatable bonds is 10. The number of carboxylic acids is 1. The van der Waals surface area contributed by atoms with Gasteiger partial charge in [-0.25, -0.2) is 0 Å². The van der Waals surface area contributed by atoms with Crippen molar-refractivity contribution >= 4 is 5.97 Å². The van der Waals surface area contributed by atoms with Crippen LogP contribution >= 0.6 is 0 Å². The van der Waals surface area contributed by atoms with Crippen molar-refractivity contribution in [2.45, 2.75) is 6.92 Å². The van der Waals surface area contributed by atoms with Crippen LogP contribution in [0.3, 0.4) is 0 Å². The number of carboxylic acid groups (broad SMARTS) is 1. The average Bonchev–Trinajstić information content (AvgIpc) is 2.15. The Hall–Kier alpha value is -0.650. The minimum atomic E-state index is -0.970. The Bertz CT molecular complexity index is 137. The van der Waals surface area contributed by atoms with E-state index >= 15 is 0 Å². The first-order valence-electron chi connectivity index (χ1n) is 4.56. The van der Waals surface area contributed by atoms with Crippen molar-refractivity contribution in [3.05, 3.63) is 6.42 Å². The summed E-state index contributed by atoms with van der Waals surface area (Å²) < 4.78 is 15.1. The molecule has 0 unspecified atom stereocenters. The van der Waals surface area contributed by atoms with Crippen molar-refractivity contribution in [3.63, 3.8) is 0 Å². The number of carbonyl (C=O) groups is 1. The highest BCUT2D eigenvalue weighted by Crippen LogP contribution is 1.83. The standard InChI is InChI=1S/C9H17O5/c1-2-12-5-6-14-8-7-13-4-3-9(10)11/h3H,2,4-8H2,1H3,(H,10,11). The van der Waals surface area contributed by atoms with Gasteiger partial charge in [-0.1, -0.05) is 0 Å². The maximum Gasteiger partial charge on any atom is 0.309 e. The first kappa shape index (κ1) is 13.4. The molecule has 0 saturated heterocycles. The summed E-state index contributed by atoms with van der Waals surface area (Å²) in [7, 11) is 0. The maximum atomic E-state index is 10.0. The van der Waals surface area contributed by atoms with Crippen molar-refractivity contribution in [3.8, 4) is 0 Å². The highest BCUT2D eigenvalue weighted by Gasteiger charge is 1.96. The largest absolute Gasteiger partial charge is 0.481 e. The van der Waals surface area contributed by atoms with Crippen LogP contribution in [0.4, 0.5) is 0 Å². The van der Waals surface area contributed by atoms with Crippen LogP contribution in [-0.4, -0.2) is 50.7 Å². The van der Waals surface area contributed by atoms with Crippen LogP contribution in [0.2, 0.25) is 0 Å². The predicted octanol–water partition coefficient (Wildman–Crippen LogP) is 0.345. The molecule has 0 amide bonds. The van der Waals surface area contributed by atoms with Gasteiger partial charge in [0.25, 0.3) is 0 Å². The zero-order chi connectivity index (χ0) is 10.6. The van der Waals surface area contributed by atoms with Gasteiger partial charge in [0.1, 0.15) is 0 Å². The Morgan fingerprint density at radius 3 is 2.29 bits per heavy atom. The van der Waals surface area contributed by atoms with Gasteiger partial charge in [0, 0.05) is 6.61 Å². The van der Waals surface area contributed by atoms with E-state index in [0.717, 1.165) is 6.42 Å². The number of aliphatic carboxylic acids is 1. The summed E-state index contributed by atoms with van der Waals surface area (Å²) in [6, 6.07) is 0. The number of ether oxygens (including phenoxy) is 3. The molecule has 0 aromatic rings. The van der Waals surface area contributed by atoms with E-state index in [1.54, 1.807) is 0 Å². The zero-order valence-electron chi connectivity index (χ0n) is 8.40. The lowest BCUT2D eigenvalue weighted by molar-refractivity contribution is -0.133. The van der Waals surface area contributed by atoms with E-state index in [-0.39, 0.29) is 6.61 Å². The van der Waals surface area contributed by atoms with Crippen LogP contribution in [0.25, 0.3) is 0 Å². The molecule has 0 aliphatic heterocycles. The number of hydrogen-bond donors (Lipinski definition) is 1. The second-order valence-electron chi connectivity index (χ2n) is 2.43. The smallest absolute Gasteiger partial charge is 0.309 e. The lowest BCUT2D eigenvalue weighted by Crippen LogP contribution is -2.11. The molecule has 1 N–H and O–H groups in total. The fraction of sp³-hybridized carbons (Fsp3) is 0.778. The minimum Gasteiger partial charge on any atom is -0.481 e. The van der Waals surface area contributed by atoms with Gasteiger partial charge < -0.3 is 19.3 Å². The van der Waals surface area contributed by atoms with E-state index in [4.69, 9.17) is 19.3 Å². The van der Waals surface area contributed by atoms with Crippen LogP contribution in [0, 0.1) is 6.42 Å². The third-order valence-corrected chi connectivity index (χ3v) is 1.32. The molecule has 0 aliphatic carbocycles. The van der Waals surface area contributed by atoms with Crippen LogP contribution in [0.1, 0.15) is 6.92 Å². The Morgan fingerprint density at radius 1 is 1.14 bits per heavy atom. The highest BCUT2D eigenvalue weighted by atomic mass is 16.5. The molecule has 5 heteroatoms. The molecule has 0 bridgehead atoms. The van der Waals surface area contributed by atoms with Gasteiger partial charge in [-0.2, -0.15) is 0 Å². The van der Waals surface area contributed by atoms with E-state index in [1.165, 1.54) is 0 Å². The van der Waals surface area contributed by atoms with Gasteiger partial charge in [-0.05, 0) is 6.92 Å². The fourth-order valence-corrected chi connectivity index (χ4v) is 0.696. The van der Waals surface area contributed by atoms with E-state index in [1.807, 2.05) is 6.92 Å². The molecule has 1 radical (unpaired) electrons. The topological polar surface area (TPSA) is 65.0 Å². The second-order valence-corrected chi connectivity index (χ2v) is 2.43. The van der Waals surface area contributed by atoms with E-state index < -0.39 is 5.97 Å². The Labute approximate surface area is 84.0 Å². The molecule has 83 valence electrons. The molecule has 0 saturated carbocycles. The minimum absolute atomic E-state index is 0.115. The monoisotopic (exact) mass is 205 g/mol. The van der Waals surface area contributed by atoms with Crippen LogP contribution in [0.15, 0.2) is 0 Å². The van der Waals surface area contributed by atoms with Gasteiger partial charge >= 0.3 is 5.97 Å². The molecule has 0 aliphatic rings. The van der Waals surface area contributed by atoms with Crippen molar-refractivity contribution in [2.24, 2.45) is 0 Å². The molecule has 0 heterocycles. The second kappa shape index (κ2) is 10.4. The molecular formula is C9H17O5. The van der Waals surface area contributed by atoms with Crippen molar-refractivity contribution < 1.29 is 24.1 Å². The van der Waals surface area contributed by atoms with Crippen molar-refractivity contribution in [1.82, 2.24) is 0 Å². The van der Waals surface area contributed by atoms with Gasteiger partial charge in [0.2, 0.25) is 0 Å². The molecule has 0 aromatic heterocycles. The molecule has 0 aromatic carbocycles. The Kier molecular flexibility index (Phi) is 9.95. The Morgan fingerprint density at radius 2 is 1.71 bits per heavy atom. The van der Waals surface area contributed by atoms with Gasteiger partial charge in [-0.3, -0.25) is 4.79 Å². The molecular weight excluding hydrogens is 188 g/mol. The summed E-state index contributed by atoms with van der Waals surface area (Å²) in [6.07, 6.45) is 1.06. The summed E-state index contributed by atoms with van der Waals surface area (Å²) in [5, 5.41) is 8.23. The maximum absolute atomic E-state index is 10.0. The van der Waals surface area contributed by atoms with Crippen molar-refractivity contribution in [1.29, 1.82) is 0 Å². The molecule has 0 atom stereocenters. The van der Waals surface area contributed by atoms with Crippen LogP contribution < -0.4 is 0 Å². The first-order chi connectivity index (χ1) is 6.77. The van der Waals surface area contributed by atoms with Crippen LogP contribution in [0.5, 0.6) is 0 Å².